The summed E-state index contributed by atoms with van der Waals surface area (Å²) in [5, 5.41) is 3.00. The van der Waals surface area contributed by atoms with E-state index < -0.39 is 20.0 Å². The SMILES string of the molecule is CSN(OC1CCCC1)S(=O)(=O)c1cccc(NCCNS(C)(=O)=O)c1. The summed E-state index contributed by atoms with van der Waals surface area (Å²) in [5.41, 5.74) is 0.586. The predicted molar refractivity (Wildman–Crippen MR) is 104 cm³/mol. The molecule has 1 aliphatic rings. The van der Waals surface area contributed by atoms with Crippen molar-refractivity contribution in [2.75, 3.05) is 30.9 Å². The van der Waals surface area contributed by atoms with Gasteiger partial charge in [-0.1, -0.05) is 18.9 Å². The fourth-order valence-corrected chi connectivity index (χ4v) is 5.27. The lowest BCUT2D eigenvalue weighted by atomic mass is 10.3. The van der Waals surface area contributed by atoms with E-state index in [9.17, 15) is 16.8 Å². The van der Waals surface area contributed by atoms with Gasteiger partial charge in [-0.05, 0) is 53.1 Å². The molecule has 1 aliphatic carbocycles. The van der Waals surface area contributed by atoms with Crippen LogP contribution < -0.4 is 10.0 Å². The Balaban J connectivity index is 2.03. The molecule has 0 atom stereocenters. The van der Waals surface area contributed by atoms with Gasteiger partial charge >= 0.3 is 0 Å². The smallest absolute Gasteiger partial charge is 0.274 e. The summed E-state index contributed by atoms with van der Waals surface area (Å²) in [6, 6.07) is 6.38. The Hall–Kier alpha value is -0.850. The van der Waals surface area contributed by atoms with Crippen molar-refractivity contribution in [2.24, 2.45) is 0 Å². The van der Waals surface area contributed by atoms with Gasteiger partial charge in [-0.15, -0.1) is 0 Å². The number of anilines is 1. The molecule has 0 aliphatic heterocycles. The number of benzene rings is 1. The van der Waals surface area contributed by atoms with E-state index in [0.717, 1.165) is 47.8 Å². The van der Waals surface area contributed by atoms with Crippen molar-refractivity contribution < 1.29 is 21.7 Å². The summed E-state index contributed by atoms with van der Waals surface area (Å²) in [4.78, 5) is 5.78. The van der Waals surface area contributed by atoms with Gasteiger partial charge in [0.15, 0.2) is 0 Å². The number of sulfonamides is 2. The molecule has 2 N–H and O–H groups in total. The van der Waals surface area contributed by atoms with Gasteiger partial charge in [0.1, 0.15) is 0 Å². The number of nitrogens with zero attached hydrogens (tertiary/aromatic N) is 1. The van der Waals surface area contributed by atoms with Crippen molar-refractivity contribution in [3.8, 4) is 0 Å². The summed E-state index contributed by atoms with van der Waals surface area (Å²) in [6.45, 7) is 0.541. The molecule has 0 heterocycles. The maximum atomic E-state index is 12.8. The van der Waals surface area contributed by atoms with E-state index in [1.165, 1.54) is 12.1 Å². The van der Waals surface area contributed by atoms with Crippen molar-refractivity contribution in [3.05, 3.63) is 24.3 Å². The highest BCUT2D eigenvalue weighted by Gasteiger charge is 2.29. The molecule has 1 aromatic rings. The molecular formula is C15H25N3O5S3. The zero-order valence-corrected chi connectivity index (χ0v) is 17.3. The van der Waals surface area contributed by atoms with Crippen LogP contribution in [0.15, 0.2) is 29.2 Å². The third-order valence-electron chi connectivity index (χ3n) is 3.83. The van der Waals surface area contributed by atoms with Crippen molar-refractivity contribution in [1.82, 2.24) is 8.60 Å². The van der Waals surface area contributed by atoms with E-state index in [0.29, 0.717) is 12.2 Å². The zero-order chi connectivity index (χ0) is 19.2. The number of nitrogens with one attached hydrogen (secondary N) is 2. The molecule has 2 rings (SSSR count). The first-order valence-electron chi connectivity index (χ1n) is 8.27. The molecular weight excluding hydrogens is 398 g/mol. The Morgan fingerprint density at radius 2 is 1.88 bits per heavy atom. The zero-order valence-electron chi connectivity index (χ0n) is 14.8. The first-order valence-corrected chi connectivity index (χ1v) is 12.8. The maximum Gasteiger partial charge on any atom is 0.274 e. The second kappa shape index (κ2) is 9.38. The highest BCUT2D eigenvalue weighted by molar-refractivity contribution is 8.07. The summed E-state index contributed by atoms with van der Waals surface area (Å²) >= 11 is 1.01. The van der Waals surface area contributed by atoms with Gasteiger partial charge in [0.25, 0.3) is 10.0 Å². The van der Waals surface area contributed by atoms with E-state index in [-0.39, 0.29) is 17.5 Å². The highest BCUT2D eigenvalue weighted by atomic mass is 32.3. The van der Waals surface area contributed by atoms with Gasteiger partial charge in [-0.25, -0.2) is 21.6 Å². The van der Waals surface area contributed by atoms with Crippen molar-refractivity contribution in [3.63, 3.8) is 0 Å². The van der Waals surface area contributed by atoms with Crippen molar-refractivity contribution in [1.29, 1.82) is 0 Å². The fraction of sp³-hybridized carbons (Fsp3) is 0.600. The minimum Gasteiger partial charge on any atom is -0.384 e. The normalized spacial score (nSPS) is 16.3. The van der Waals surface area contributed by atoms with Gasteiger partial charge in [-0.2, -0.15) is 0 Å². The maximum absolute atomic E-state index is 12.8. The Labute approximate surface area is 159 Å². The van der Waals surface area contributed by atoms with Gasteiger partial charge in [0, 0.05) is 18.8 Å². The summed E-state index contributed by atoms with van der Waals surface area (Å²) in [5.74, 6) is 0. The number of hydrogen-bond acceptors (Lipinski definition) is 7. The molecule has 1 fully saturated rings. The molecule has 148 valence electrons. The van der Waals surface area contributed by atoms with Crippen LogP contribution in [-0.2, 0) is 24.9 Å². The van der Waals surface area contributed by atoms with E-state index in [4.69, 9.17) is 4.84 Å². The van der Waals surface area contributed by atoms with E-state index in [1.807, 2.05) is 0 Å². The lowest BCUT2D eigenvalue weighted by Gasteiger charge is -2.22. The van der Waals surface area contributed by atoms with Crippen LogP contribution >= 0.6 is 11.9 Å². The molecule has 0 spiro atoms. The van der Waals surface area contributed by atoms with E-state index in [1.54, 1.807) is 18.4 Å². The van der Waals surface area contributed by atoms with Crippen LogP contribution in [0.3, 0.4) is 0 Å². The lowest BCUT2D eigenvalue weighted by molar-refractivity contribution is -0.0628. The largest absolute Gasteiger partial charge is 0.384 e. The number of rotatable bonds is 10. The number of hydrogen-bond donors (Lipinski definition) is 2. The molecule has 8 nitrogen and oxygen atoms in total. The van der Waals surface area contributed by atoms with Crippen LogP contribution in [0, 0.1) is 0 Å². The standard InChI is InChI=1S/C15H25N3O5S3/c1-24-18(23-14-7-3-4-8-14)26(21,22)15-9-5-6-13(12-15)16-10-11-17-25(2,19)20/h5-6,9,12,14,16-17H,3-4,7-8,10-11H2,1-2H3. The molecule has 0 unspecified atom stereocenters. The average Bonchev–Trinajstić information content (AvgIpc) is 3.09. The van der Waals surface area contributed by atoms with Crippen LogP contribution in [-0.4, -0.2) is 52.4 Å². The Kier molecular flexibility index (Phi) is 7.74. The molecule has 1 aromatic carbocycles. The highest BCUT2D eigenvalue weighted by Crippen LogP contribution is 2.29. The van der Waals surface area contributed by atoms with Crippen LogP contribution in [0.4, 0.5) is 5.69 Å². The van der Waals surface area contributed by atoms with Crippen molar-refractivity contribution >= 4 is 37.7 Å². The first-order chi connectivity index (χ1) is 12.2. The second-order valence-electron chi connectivity index (χ2n) is 6.01. The van der Waals surface area contributed by atoms with Crippen LogP contribution in [0.1, 0.15) is 25.7 Å². The minimum absolute atomic E-state index is 0.0689. The van der Waals surface area contributed by atoms with Crippen LogP contribution in [0.5, 0.6) is 0 Å². The minimum atomic E-state index is -3.79. The third-order valence-corrected chi connectivity index (χ3v) is 7.31. The van der Waals surface area contributed by atoms with Crippen molar-refractivity contribution in [2.45, 2.75) is 36.7 Å². The lowest BCUT2D eigenvalue weighted by Crippen LogP contribution is -2.29. The van der Waals surface area contributed by atoms with Gasteiger partial charge in [-0.3, -0.25) is 4.84 Å². The summed E-state index contributed by atoms with van der Waals surface area (Å²) < 4.78 is 51.1. The predicted octanol–water partition coefficient (Wildman–Crippen LogP) is 1.79. The monoisotopic (exact) mass is 423 g/mol. The van der Waals surface area contributed by atoms with Crippen LogP contribution in [0.2, 0.25) is 0 Å². The van der Waals surface area contributed by atoms with Gasteiger partial charge in [0.05, 0.1) is 17.3 Å². The Morgan fingerprint density at radius 1 is 1.19 bits per heavy atom. The van der Waals surface area contributed by atoms with E-state index in [2.05, 4.69) is 10.0 Å². The summed E-state index contributed by atoms with van der Waals surface area (Å²) in [6.07, 6.45) is 6.50. The Morgan fingerprint density at radius 3 is 2.50 bits per heavy atom. The molecule has 0 bridgehead atoms. The van der Waals surface area contributed by atoms with Gasteiger partial charge in [0.2, 0.25) is 10.0 Å². The molecule has 0 amide bonds. The second-order valence-corrected chi connectivity index (χ2v) is 10.5. The molecule has 11 heteroatoms. The third kappa shape index (κ3) is 6.39. The molecule has 0 saturated heterocycles. The quantitative estimate of drug-likeness (QED) is 0.336. The summed E-state index contributed by atoms with van der Waals surface area (Å²) in [7, 11) is -7.04. The fourth-order valence-electron chi connectivity index (χ4n) is 2.61. The molecule has 26 heavy (non-hydrogen) atoms. The van der Waals surface area contributed by atoms with Gasteiger partial charge < -0.3 is 5.32 Å². The topological polar surface area (TPSA) is 105 Å². The molecule has 0 radical (unpaired) electrons. The first kappa shape index (κ1) is 21.5. The molecule has 1 saturated carbocycles. The molecule has 0 aromatic heterocycles. The van der Waals surface area contributed by atoms with Crippen LogP contribution in [0.25, 0.3) is 0 Å². The average molecular weight is 424 g/mol. The van der Waals surface area contributed by atoms with E-state index >= 15 is 0 Å². The Bertz CT molecular complexity index is 792.